The molecular weight excluding hydrogens is 323 g/mol. The Morgan fingerprint density at radius 3 is 2.40 bits per heavy atom. The summed E-state index contributed by atoms with van der Waals surface area (Å²) < 4.78 is 30.7. The van der Waals surface area contributed by atoms with Crippen molar-refractivity contribution in [2.75, 3.05) is 26.1 Å². The van der Waals surface area contributed by atoms with Crippen LogP contribution in [0.5, 0.6) is 23.0 Å². The predicted octanol–water partition coefficient (Wildman–Crippen LogP) is 4.62. The first-order valence-electron chi connectivity index (χ1n) is 7.88. The number of anilines is 1. The maximum Gasteiger partial charge on any atom is 0.167 e. The van der Waals surface area contributed by atoms with Crippen LogP contribution in [0.25, 0.3) is 10.9 Å². The lowest BCUT2D eigenvalue weighted by Gasteiger charge is -2.13. The van der Waals surface area contributed by atoms with Gasteiger partial charge in [0.15, 0.2) is 23.1 Å². The summed E-state index contributed by atoms with van der Waals surface area (Å²) in [6.45, 7) is 2.67. The number of aromatic nitrogens is 1. The van der Waals surface area contributed by atoms with Gasteiger partial charge in [-0.2, -0.15) is 0 Å². The summed E-state index contributed by atoms with van der Waals surface area (Å²) in [5, 5.41) is 3.76. The molecule has 25 heavy (non-hydrogen) atoms. The number of nitrogens with zero attached hydrogens (tertiary/aromatic N) is 1. The Labute approximate surface area is 145 Å². The van der Waals surface area contributed by atoms with Crippen LogP contribution >= 0.6 is 0 Å². The Morgan fingerprint density at radius 1 is 0.960 bits per heavy atom. The molecule has 0 amide bonds. The molecule has 5 nitrogen and oxygen atoms in total. The first-order valence-corrected chi connectivity index (χ1v) is 7.88. The van der Waals surface area contributed by atoms with Crippen molar-refractivity contribution in [3.63, 3.8) is 0 Å². The molecule has 1 heterocycles. The fourth-order valence-corrected chi connectivity index (χ4v) is 2.55. The third-order valence-corrected chi connectivity index (χ3v) is 3.74. The monoisotopic (exact) mass is 342 g/mol. The van der Waals surface area contributed by atoms with Crippen molar-refractivity contribution in [2.45, 2.75) is 6.92 Å². The van der Waals surface area contributed by atoms with Gasteiger partial charge in [-0.3, -0.25) is 4.98 Å². The minimum Gasteiger partial charge on any atom is -0.493 e. The highest BCUT2D eigenvalue weighted by Crippen LogP contribution is 2.37. The topological polar surface area (TPSA) is 52.6 Å². The summed E-state index contributed by atoms with van der Waals surface area (Å²) in [5.41, 5.74) is 1.37. The molecule has 0 fully saturated rings. The summed E-state index contributed by atoms with van der Waals surface area (Å²) in [7, 11) is 3.12. The second-order valence-corrected chi connectivity index (χ2v) is 5.31. The van der Waals surface area contributed by atoms with Crippen LogP contribution in [0.15, 0.2) is 42.6 Å². The van der Waals surface area contributed by atoms with Crippen LogP contribution < -0.4 is 19.5 Å². The van der Waals surface area contributed by atoms with Crippen molar-refractivity contribution in [3.8, 4) is 23.0 Å². The molecule has 0 aliphatic rings. The Hall–Kier alpha value is -3.02. The highest BCUT2D eigenvalue weighted by atomic mass is 19.1. The molecule has 130 valence electrons. The van der Waals surface area contributed by atoms with Crippen molar-refractivity contribution in [1.82, 2.24) is 4.98 Å². The number of hydrogen-bond acceptors (Lipinski definition) is 5. The van der Waals surface area contributed by atoms with E-state index in [1.165, 1.54) is 6.07 Å². The molecular formula is C19H19FN2O3. The lowest BCUT2D eigenvalue weighted by atomic mass is 10.2. The van der Waals surface area contributed by atoms with Gasteiger partial charge in [-0.15, -0.1) is 0 Å². The van der Waals surface area contributed by atoms with Crippen molar-refractivity contribution in [1.29, 1.82) is 0 Å². The Bertz CT molecular complexity index is 899. The molecule has 3 aromatic rings. The van der Waals surface area contributed by atoms with E-state index in [9.17, 15) is 4.39 Å². The van der Waals surface area contributed by atoms with Crippen molar-refractivity contribution >= 4 is 16.6 Å². The molecule has 0 bridgehead atoms. The Kier molecular flexibility index (Phi) is 4.88. The van der Waals surface area contributed by atoms with Gasteiger partial charge in [-0.1, -0.05) is 0 Å². The largest absolute Gasteiger partial charge is 0.493 e. The average Bonchev–Trinajstić information content (AvgIpc) is 2.63. The van der Waals surface area contributed by atoms with E-state index >= 15 is 0 Å². The number of fused-ring (bicyclic) bond motifs is 1. The van der Waals surface area contributed by atoms with Crippen LogP contribution in [0.3, 0.4) is 0 Å². The number of pyridine rings is 1. The third kappa shape index (κ3) is 3.42. The number of methoxy groups -OCH3 is 2. The molecule has 0 saturated carbocycles. The van der Waals surface area contributed by atoms with E-state index in [2.05, 4.69) is 10.3 Å². The molecule has 3 rings (SSSR count). The van der Waals surface area contributed by atoms with Crippen molar-refractivity contribution < 1.29 is 18.6 Å². The number of benzene rings is 2. The highest BCUT2D eigenvalue weighted by molar-refractivity contribution is 5.88. The van der Waals surface area contributed by atoms with E-state index in [0.29, 0.717) is 33.8 Å². The normalized spacial score (nSPS) is 10.6. The summed E-state index contributed by atoms with van der Waals surface area (Å²) in [4.78, 5) is 4.31. The summed E-state index contributed by atoms with van der Waals surface area (Å²) in [5.74, 6) is 1.31. The van der Waals surface area contributed by atoms with Crippen LogP contribution in [-0.2, 0) is 0 Å². The van der Waals surface area contributed by atoms with Crippen LogP contribution in [0.4, 0.5) is 10.1 Å². The number of halogens is 1. The van der Waals surface area contributed by atoms with Crippen molar-refractivity contribution in [2.24, 2.45) is 0 Å². The third-order valence-electron chi connectivity index (χ3n) is 3.74. The van der Waals surface area contributed by atoms with Crippen LogP contribution in [0.1, 0.15) is 6.92 Å². The van der Waals surface area contributed by atoms with Gasteiger partial charge in [0.05, 0.1) is 19.7 Å². The minimum absolute atomic E-state index is 0.143. The van der Waals surface area contributed by atoms with E-state index in [1.54, 1.807) is 50.7 Å². The van der Waals surface area contributed by atoms with Gasteiger partial charge in [0.1, 0.15) is 5.75 Å². The molecule has 0 atom stereocenters. The van der Waals surface area contributed by atoms with Crippen LogP contribution in [-0.4, -0.2) is 25.7 Å². The van der Waals surface area contributed by atoms with E-state index < -0.39 is 5.82 Å². The van der Waals surface area contributed by atoms with E-state index in [-0.39, 0.29) is 5.75 Å². The molecule has 0 saturated heterocycles. The lowest BCUT2D eigenvalue weighted by Crippen LogP contribution is -1.98. The molecule has 2 aromatic carbocycles. The Morgan fingerprint density at radius 2 is 1.72 bits per heavy atom. The van der Waals surface area contributed by atoms with Gasteiger partial charge in [0, 0.05) is 35.9 Å². The SMILES string of the molecule is CCNc1ccc(Oc2ccnc3cc(OC)c(OC)cc23)c(F)c1. The van der Waals surface area contributed by atoms with Gasteiger partial charge >= 0.3 is 0 Å². The second-order valence-electron chi connectivity index (χ2n) is 5.31. The highest BCUT2D eigenvalue weighted by Gasteiger charge is 2.13. The summed E-state index contributed by atoms with van der Waals surface area (Å²) in [6.07, 6.45) is 1.61. The second kappa shape index (κ2) is 7.25. The van der Waals surface area contributed by atoms with Gasteiger partial charge in [0.25, 0.3) is 0 Å². The van der Waals surface area contributed by atoms with Gasteiger partial charge in [-0.05, 0) is 31.2 Å². The molecule has 0 radical (unpaired) electrons. The Balaban J connectivity index is 2.01. The van der Waals surface area contributed by atoms with Gasteiger partial charge in [-0.25, -0.2) is 4.39 Å². The fourth-order valence-electron chi connectivity index (χ4n) is 2.55. The molecule has 1 aromatic heterocycles. The standard InChI is InChI=1S/C19H19FN2O3/c1-4-21-12-5-6-17(14(20)9-12)25-16-7-8-22-15-11-19(24-3)18(23-2)10-13(15)16/h5-11,21H,4H2,1-3H3. The fraction of sp³-hybridized carbons (Fsp3) is 0.211. The number of nitrogens with one attached hydrogen (secondary N) is 1. The number of hydrogen-bond donors (Lipinski definition) is 1. The van der Waals surface area contributed by atoms with Crippen LogP contribution in [0, 0.1) is 5.82 Å². The molecule has 6 heteroatoms. The molecule has 0 aliphatic carbocycles. The molecule has 0 unspecified atom stereocenters. The lowest BCUT2D eigenvalue weighted by molar-refractivity contribution is 0.355. The number of ether oxygens (including phenoxy) is 3. The summed E-state index contributed by atoms with van der Waals surface area (Å²) >= 11 is 0. The average molecular weight is 342 g/mol. The van der Waals surface area contributed by atoms with Crippen molar-refractivity contribution in [3.05, 3.63) is 48.4 Å². The van der Waals surface area contributed by atoms with E-state index in [1.807, 2.05) is 6.92 Å². The first kappa shape index (κ1) is 16.8. The zero-order chi connectivity index (χ0) is 17.8. The molecule has 0 spiro atoms. The minimum atomic E-state index is -0.441. The quantitative estimate of drug-likeness (QED) is 0.709. The molecule has 0 aliphatic heterocycles. The number of rotatable bonds is 6. The maximum absolute atomic E-state index is 14.3. The van der Waals surface area contributed by atoms with Gasteiger partial charge in [0.2, 0.25) is 0 Å². The zero-order valence-corrected chi connectivity index (χ0v) is 14.3. The predicted molar refractivity (Wildman–Crippen MR) is 95.5 cm³/mol. The molecule has 1 N–H and O–H groups in total. The van der Waals surface area contributed by atoms with E-state index in [4.69, 9.17) is 14.2 Å². The van der Waals surface area contributed by atoms with Gasteiger partial charge < -0.3 is 19.5 Å². The smallest absolute Gasteiger partial charge is 0.167 e. The maximum atomic E-state index is 14.3. The van der Waals surface area contributed by atoms with E-state index in [0.717, 1.165) is 6.54 Å². The zero-order valence-electron chi connectivity index (χ0n) is 14.3. The first-order chi connectivity index (χ1) is 12.2. The van der Waals surface area contributed by atoms with Crippen LogP contribution in [0.2, 0.25) is 0 Å². The summed E-state index contributed by atoms with van der Waals surface area (Å²) in [6, 6.07) is 9.99.